The van der Waals surface area contributed by atoms with Crippen molar-refractivity contribution in [2.75, 3.05) is 20.2 Å². The lowest BCUT2D eigenvalue weighted by atomic mass is 10.1. The lowest BCUT2D eigenvalue weighted by Crippen LogP contribution is -2.40. The monoisotopic (exact) mass is 366 g/mol. The maximum atomic E-state index is 13.0. The molecule has 1 fully saturated rings. The molecular weight excluding hydrogens is 344 g/mol. The first-order valence-corrected chi connectivity index (χ1v) is 8.99. The van der Waals surface area contributed by atoms with E-state index in [0.717, 1.165) is 29.8 Å². The van der Waals surface area contributed by atoms with Crippen molar-refractivity contribution in [2.45, 2.75) is 18.9 Å². The van der Waals surface area contributed by atoms with Gasteiger partial charge in [0, 0.05) is 25.7 Å². The standard InChI is InChI=1S/C19H22N6O2/c1-23-18(13-17(22-23)14-4-3-5-16(12-14)27-2)19(26)24-10-6-15(7-11-24)25-20-8-9-21-25/h3-5,8-9,12-13,15H,6-7,10-11H2,1-2H3. The van der Waals surface area contributed by atoms with Crippen LogP contribution in [0.2, 0.25) is 0 Å². The van der Waals surface area contributed by atoms with Crippen molar-refractivity contribution in [3.63, 3.8) is 0 Å². The van der Waals surface area contributed by atoms with E-state index in [1.54, 1.807) is 36.0 Å². The van der Waals surface area contributed by atoms with E-state index < -0.39 is 0 Å². The van der Waals surface area contributed by atoms with Gasteiger partial charge in [0.1, 0.15) is 11.4 Å². The predicted octanol–water partition coefficient (Wildman–Crippen LogP) is 2.16. The Bertz CT molecular complexity index is 926. The Hall–Kier alpha value is -3.16. The zero-order valence-electron chi connectivity index (χ0n) is 15.4. The molecule has 1 amide bonds. The number of hydrogen-bond donors (Lipinski definition) is 0. The number of rotatable bonds is 4. The average Bonchev–Trinajstić information content (AvgIpc) is 3.38. The van der Waals surface area contributed by atoms with Gasteiger partial charge in [-0.3, -0.25) is 9.48 Å². The smallest absolute Gasteiger partial charge is 0.272 e. The number of carbonyl (C=O) groups is 1. The molecule has 2 aromatic heterocycles. The van der Waals surface area contributed by atoms with E-state index in [1.165, 1.54) is 0 Å². The Morgan fingerprint density at radius 3 is 2.59 bits per heavy atom. The summed E-state index contributed by atoms with van der Waals surface area (Å²) in [7, 11) is 3.44. The third kappa shape index (κ3) is 3.42. The molecule has 1 aliphatic heterocycles. The van der Waals surface area contributed by atoms with Crippen LogP contribution in [0.4, 0.5) is 0 Å². The normalized spacial score (nSPS) is 15.1. The van der Waals surface area contributed by atoms with Crippen molar-refractivity contribution in [1.29, 1.82) is 0 Å². The van der Waals surface area contributed by atoms with E-state index >= 15 is 0 Å². The largest absolute Gasteiger partial charge is 0.497 e. The Balaban J connectivity index is 1.49. The molecule has 0 atom stereocenters. The SMILES string of the molecule is COc1cccc(-c2cc(C(=O)N3CCC(n4nccn4)CC3)n(C)n2)c1. The Labute approximate surface area is 157 Å². The fourth-order valence-corrected chi connectivity index (χ4v) is 3.47. The van der Waals surface area contributed by atoms with E-state index in [0.29, 0.717) is 18.8 Å². The first-order chi connectivity index (χ1) is 13.2. The first kappa shape index (κ1) is 17.3. The number of carbonyl (C=O) groups excluding carboxylic acids is 1. The van der Waals surface area contributed by atoms with Crippen LogP contribution in [-0.4, -0.2) is 55.8 Å². The lowest BCUT2D eigenvalue weighted by Gasteiger charge is -2.31. The van der Waals surface area contributed by atoms with Crippen LogP contribution in [0.25, 0.3) is 11.3 Å². The topological polar surface area (TPSA) is 78.1 Å². The van der Waals surface area contributed by atoms with Crippen LogP contribution in [0.3, 0.4) is 0 Å². The number of ether oxygens (including phenoxy) is 1. The molecule has 0 N–H and O–H groups in total. The number of piperidine rings is 1. The van der Waals surface area contributed by atoms with Crippen LogP contribution >= 0.6 is 0 Å². The lowest BCUT2D eigenvalue weighted by molar-refractivity contribution is 0.0672. The second-order valence-corrected chi connectivity index (χ2v) is 6.64. The number of hydrogen-bond acceptors (Lipinski definition) is 5. The highest BCUT2D eigenvalue weighted by Crippen LogP contribution is 2.25. The van der Waals surface area contributed by atoms with Crippen LogP contribution in [0.5, 0.6) is 5.75 Å². The zero-order valence-corrected chi connectivity index (χ0v) is 15.4. The molecule has 0 spiro atoms. The minimum Gasteiger partial charge on any atom is -0.497 e. The minimum atomic E-state index is 0.00557. The summed E-state index contributed by atoms with van der Waals surface area (Å²) in [5.74, 6) is 0.770. The van der Waals surface area contributed by atoms with Gasteiger partial charge in [-0.25, -0.2) is 0 Å². The fraction of sp³-hybridized carbons (Fsp3) is 0.368. The molecule has 4 rings (SSSR count). The quantitative estimate of drug-likeness (QED) is 0.707. The third-order valence-corrected chi connectivity index (χ3v) is 4.98. The number of methoxy groups -OCH3 is 1. The molecule has 140 valence electrons. The Morgan fingerprint density at radius 2 is 1.89 bits per heavy atom. The average molecular weight is 366 g/mol. The number of amides is 1. The second-order valence-electron chi connectivity index (χ2n) is 6.64. The Morgan fingerprint density at radius 1 is 1.15 bits per heavy atom. The third-order valence-electron chi connectivity index (χ3n) is 4.98. The van der Waals surface area contributed by atoms with E-state index in [1.807, 2.05) is 35.2 Å². The van der Waals surface area contributed by atoms with Crippen LogP contribution in [0.15, 0.2) is 42.7 Å². The number of benzene rings is 1. The number of likely N-dealkylation sites (tertiary alicyclic amines) is 1. The van der Waals surface area contributed by atoms with Crippen LogP contribution in [0.1, 0.15) is 29.4 Å². The summed E-state index contributed by atoms with van der Waals surface area (Å²) in [6.07, 6.45) is 5.07. The molecule has 0 aliphatic carbocycles. The first-order valence-electron chi connectivity index (χ1n) is 8.99. The molecule has 0 radical (unpaired) electrons. The molecule has 8 heteroatoms. The Kier molecular flexibility index (Phi) is 4.62. The number of aromatic nitrogens is 5. The summed E-state index contributed by atoms with van der Waals surface area (Å²) < 4.78 is 6.93. The molecule has 1 aromatic carbocycles. The van der Waals surface area contributed by atoms with Gasteiger partial charge in [-0.1, -0.05) is 12.1 Å². The summed E-state index contributed by atoms with van der Waals surface area (Å²) in [6.45, 7) is 1.37. The van der Waals surface area contributed by atoms with Gasteiger partial charge in [0.2, 0.25) is 0 Å². The number of aryl methyl sites for hydroxylation is 1. The highest BCUT2D eigenvalue weighted by Gasteiger charge is 2.27. The van der Waals surface area contributed by atoms with Gasteiger partial charge in [0.05, 0.1) is 31.2 Å². The molecule has 3 aromatic rings. The van der Waals surface area contributed by atoms with Gasteiger partial charge in [0.15, 0.2) is 0 Å². The van der Waals surface area contributed by atoms with Gasteiger partial charge in [-0.05, 0) is 31.0 Å². The molecule has 3 heterocycles. The van der Waals surface area contributed by atoms with Gasteiger partial charge in [-0.2, -0.15) is 20.1 Å². The van der Waals surface area contributed by atoms with E-state index in [-0.39, 0.29) is 11.9 Å². The summed E-state index contributed by atoms with van der Waals surface area (Å²) >= 11 is 0. The summed E-state index contributed by atoms with van der Waals surface area (Å²) in [5.41, 5.74) is 2.27. The van der Waals surface area contributed by atoms with Crippen molar-refractivity contribution in [3.8, 4) is 17.0 Å². The molecule has 1 saturated heterocycles. The van der Waals surface area contributed by atoms with Crippen LogP contribution in [-0.2, 0) is 7.05 Å². The maximum absolute atomic E-state index is 13.0. The fourth-order valence-electron chi connectivity index (χ4n) is 3.47. The zero-order chi connectivity index (χ0) is 18.8. The molecule has 1 aliphatic rings. The van der Waals surface area contributed by atoms with Gasteiger partial charge in [-0.15, -0.1) is 0 Å². The molecular formula is C19H22N6O2. The summed E-state index contributed by atoms with van der Waals surface area (Å²) in [6, 6.07) is 9.78. The van der Waals surface area contributed by atoms with Gasteiger partial charge in [0.25, 0.3) is 5.91 Å². The highest BCUT2D eigenvalue weighted by molar-refractivity contribution is 5.93. The van der Waals surface area contributed by atoms with Crippen LogP contribution in [0, 0.1) is 0 Å². The van der Waals surface area contributed by atoms with Crippen molar-refractivity contribution in [2.24, 2.45) is 7.05 Å². The highest BCUT2D eigenvalue weighted by atomic mass is 16.5. The van der Waals surface area contributed by atoms with E-state index in [9.17, 15) is 4.79 Å². The minimum absolute atomic E-state index is 0.00557. The van der Waals surface area contributed by atoms with Crippen molar-refractivity contribution >= 4 is 5.91 Å². The van der Waals surface area contributed by atoms with Crippen molar-refractivity contribution in [3.05, 3.63) is 48.4 Å². The molecule has 8 nitrogen and oxygen atoms in total. The molecule has 0 unspecified atom stereocenters. The van der Waals surface area contributed by atoms with Crippen molar-refractivity contribution in [1.82, 2.24) is 29.7 Å². The number of nitrogens with zero attached hydrogens (tertiary/aromatic N) is 6. The van der Waals surface area contributed by atoms with E-state index in [4.69, 9.17) is 4.74 Å². The van der Waals surface area contributed by atoms with Gasteiger partial charge >= 0.3 is 0 Å². The molecule has 27 heavy (non-hydrogen) atoms. The van der Waals surface area contributed by atoms with Crippen molar-refractivity contribution < 1.29 is 9.53 Å². The maximum Gasteiger partial charge on any atom is 0.272 e. The summed E-state index contributed by atoms with van der Waals surface area (Å²) in [4.78, 5) is 16.6. The summed E-state index contributed by atoms with van der Waals surface area (Å²) in [5, 5.41) is 12.9. The van der Waals surface area contributed by atoms with E-state index in [2.05, 4.69) is 15.3 Å². The van der Waals surface area contributed by atoms with Gasteiger partial charge < -0.3 is 9.64 Å². The van der Waals surface area contributed by atoms with Crippen LogP contribution < -0.4 is 4.74 Å². The molecule has 0 bridgehead atoms. The second kappa shape index (κ2) is 7.22. The molecule has 0 saturated carbocycles. The predicted molar refractivity (Wildman–Crippen MR) is 99.4 cm³/mol.